The van der Waals surface area contributed by atoms with Gasteiger partial charge in [0.25, 0.3) is 0 Å². The minimum absolute atomic E-state index is 0.508. The van der Waals surface area contributed by atoms with Crippen molar-refractivity contribution in [1.82, 2.24) is 25.5 Å². The van der Waals surface area contributed by atoms with Crippen LogP contribution in [0.5, 0.6) is 0 Å². The second-order valence-corrected chi connectivity index (χ2v) is 3.18. The van der Waals surface area contributed by atoms with Crippen LogP contribution in [0.1, 0.15) is 0 Å². The zero-order chi connectivity index (χ0) is 11.2. The summed E-state index contributed by atoms with van der Waals surface area (Å²) in [6.45, 7) is 5.84. The van der Waals surface area contributed by atoms with E-state index >= 15 is 0 Å². The Kier molecular flexibility index (Phi) is 3.45. The Morgan fingerprint density at radius 1 is 1.56 bits per heavy atom. The van der Waals surface area contributed by atoms with Crippen molar-refractivity contribution in [2.45, 2.75) is 6.54 Å². The highest BCUT2D eigenvalue weighted by Crippen LogP contribution is 2.12. The van der Waals surface area contributed by atoms with E-state index in [0.717, 1.165) is 13.1 Å². The maximum absolute atomic E-state index is 5.17. The molecule has 2 rings (SSSR count). The smallest absolute Gasteiger partial charge is 0.240 e. The second-order valence-electron chi connectivity index (χ2n) is 3.18. The fraction of sp³-hybridized carbons (Fsp3) is 0.300. The molecule has 2 heterocycles. The molecule has 1 N–H and O–H groups in total. The van der Waals surface area contributed by atoms with Crippen molar-refractivity contribution < 1.29 is 4.42 Å². The maximum atomic E-state index is 5.17. The molecular weight excluding hydrogens is 206 g/mol. The first-order chi connectivity index (χ1) is 7.90. The molecule has 0 saturated carbocycles. The quantitative estimate of drug-likeness (QED) is 0.572. The van der Waals surface area contributed by atoms with E-state index in [1.807, 2.05) is 6.08 Å². The summed E-state index contributed by atoms with van der Waals surface area (Å²) in [5.74, 6) is 1.14. The van der Waals surface area contributed by atoms with E-state index in [2.05, 4.69) is 27.3 Å². The van der Waals surface area contributed by atoms with Crippen LogP contribution in [0.25, 0.3) is 11.6 Å². The molecule has 0 aliphatic heterocycles. The molecule has 0 bridgehead atoms. The minimum atomic E-state index is 0.508. The predicted octanol–water partition coefficient (Wildman–Crippen LogP) is 0.709. The van der Waals surface area contributed by atoms with Gasteiger partial charge in [0.05, 0.1) is 12.8 Å². The van der Waals surface area contributed by atoms with Crippen molar-refractivity contribution in [2.24, 2.45) is 0 Å². The van der Waals surface area contributed by atoms with Gasteiger partial charge in [-0.15, -0.1) is 16.8 Å². The third kappa shape index (κ3) is 2.54. The summed E-state index contributed by atoms with van der Waals surface area (Å²) < 4.78 is 5.17. The molecule has 2 aromatic heterocycles. The van der Waals surface area contributed by atoms with Crippen molar-refractivity contribution in [2.75, 3.05) is 13.1 Å². The van der Waals surface area contributed by atoms with Gasteiger partial charge in [-0.2, -0.15) is 4.80 Å². The van der Waals surface area contributed by atoms with Crippen LogP contribution >= 0.6 is 0 Å². The topological polar surface area (TPSA) is 68.8 Å². The SMILES string of the molecule is C=CCNCCn1nnc(-c2ccco2)n1. The lowest BCUT2D eigenvalue weighted by atomic mass is 10.4. The maximum Gasteiger partial charge on any atom is 0.240 e. The summed E-state index contributed by atoms with van der Waals surface area (Å²) in [7, 11) is 0. The van der Waals surface area contributed by atoms with Gasteiger partial charge in [0.2, 0.25) is 5.82 Å². The van der Waals surface area contributed by atoms with E-state index in [4.69, 9.17) is 4.42 Å². The first-order valence-corrected chi connectivity index (χ1v) is 5.03. The van der Waals surface area contributed by atoms with Crippen LogP contribution in [-0.4, -0.2) is 33.3 Å². The van der Waals surface area contributed by atoms with Crippen molar-refractivity contribution >= 4 is 0 Å². The number of tetrazole rings is 1. The van der Waals surface area contributed by atoms with Crippen LogP contribution in [-0.2, 0) is 6.54 Å². The zero-order valence-electron chi connectivity index (χ0n) is 8.83. The highest BCUT2D eigenvalue weighted by Gasteiger charge is 2.07. The van der Waals surface area contributed by atoms with E-state index in [9.17, 15) is 0 Å². The van der Waals surface area contributed by atoms with Crippen molar-refractivity contribution in [3.05, 3.63) is 31.1 Å². The van der Waals surface area contributed by atoms with Crippen LogP contribution in [0.2, 0.25) is 0 Å². The molecule has 0 spiro atoms. The van der Waals surface area contributed by atoms with E-state index in [1.54, 1.807) is 18.4 Å². The summed E-state index contributed by atoms with van der Waals surface area (Å²) in [6.07, 6.45) is 3.39. The molecule has 0 aliphatic rings. The Morgan fingerprint density at radius 3 is 3.25 bits per heavy atom. The predicted molar refractivity (Wildman–Crippen MR) is 58.6 cm³/mol. The van der Waals surface area contributed by atoms with Gasteiger partial charge in [0, 0.05) is 13.1 Å². The molecule has 16 heavy (non-hydrogen) atoms. The second kappa shape index (κ2) is 5.22. The number of aromatic nitrogens is 4. The van der Waals surface area contributed by atoms with E-state index in [-0.39, 0.29) is 0 Å². The Hall–Kier alpha value is -1.95. The Balaban J connectivity index is 1.90. The van der Waals surface area contributed by atoms with Crippen LogP contribution in [0.4, 0.5) is 0 Å². The van der Waals surface area contributed by atoms with Crippen molar-refractivity contribution in [3.8, 4) is 11.6 Å². The van der Waals surface area contributed by atoms with E-state index in [0.29, 0.717) is 18.1 Å². The van der Waals surface area contributed by atoms with Crippen molar-refractivity contribution in [1.29, 1.82) is 0 Å². The zero-order valence-corrected chi connectivity index (χ0v) is 8.83. The molecule has 0 fully saturated rings. The Morgan fingerprint density at radius 2 is 2.50 bits per heavy atom. The lowest BCUT2D eigenvalue weighted by molar-refractivity contribution is 0.500. The number of hydrogen-bond donors (Lipinski definition) is 1. The van der Waals surface area contributed by atoms with Gasteiger partial charge in [0.15, 0.2) is 5.76 Å². The Bertz CT molecular complexity index is 434. The van der Waals surface area contributed by atoms with Gasteiger partial charge in [-0.05, 0) is 17.3 Å². The number of furan rings is 1. The normalized spacial score (nSPS) is 10.5. The van der Waals surface area contributed by atoms with Gasteiger partial charge in [-0.25, -0.2) is 0 Å². The average Bonchev–Trinajstić information content (AvgIpc) is 2.94. The van der Waals surface area contributed by atoms with Crippen LogP contribution in [0.15, 0.2) is 35.5 Å². The molecule has 0 unspecified atom stereocenters. The molecule has 0 atom stereocenters. The molecule has 0 aliphatic carbocycles. The largest absolute Gasteiger partial charge is 0.461 e. The average molecular weight is 219 g/mol. The minimum Gasteiger partial charge on any atom is -0.461 e. The molecule has 6 heteroatoms. The molecule has 6 nitrogen and oxygen atoms in total. The van der Waals surface area contributed by atoms with Crippen LogP contribution < -0.4 is 5.32 Å². The molecule has 0 radical (unpaired) electrons. The van der Waals surface area contributed by atoms with Crippen molar-refractivity contribution in [3.63, 3.8) is 0 Å². The van der Waals surface area contributed by atoms with Crippen LogP contribution in [0.3, 0.4) is 0 Å². The first-order valence-electron chi connectivity index (χ1n) is 5.03. The highest BCUT2D eigenvalue weighted by molar-refractivity contribution is 5.43. The van der Waals surface area contributed by atoms with Crippen LogP contribution in [0, 0.1) is 0 Å². The van der Waals surface area contributed by atoms with E-state index in [1.165, 1.54) is 4.80 Å². The number of nitrogens with one attached hydrogen (secondary N) is 1. The molecule has 0 amide bonds. The first kappa shape index (κ1) is 10.6. The summed E-state index contributed by atoms with van der Waals surface area (Å²) >= 11 is 0. The summed E-state index contributed by atoms with van der Waals surface area (Å²) in [5, 5.41) is 15.2. The lowest BCUT2D eigenvalue weighted by Gasteiger charge is -1.98. The van der Waals surface area contributed by atoms with Gasteiger partial charge >= 0.3 is 0 Å². The fourth-order valence-electron chi connectivity index (χ4n) is 1.23. The summed E-state index contributed by atoms with van der Waals surface area (Å²) in [6, 6.07) is 3.60. The third-order valence-electron chi connectivity index (χ3n) is 1.97. The summed E-state index contributed by atoms with van der Waals surface area (Å²) in [4.78, 5) is 1.54. The molecule has 2 aromatic rings. The molecule has 0 saturated heterocycles. The molecule has 84 valence electrons. The molecular formula is C10H13N5O. The summed E-state index contributed by atoms with van der Waals surface area (Å²) in [5.41, 5.74) is 0. The van der Waals surface area contributed by atoms with Gasteiger partial charge < -0.3 is 9.73 Å². The standard InChI is InChI=1S/C10H13N5O/c1-2-5-11-6-7-15-13-10(12-14-15)9-4-3-8-16-9/h2-4,8,11H,1,5-7H2. The number of rotatable bonds is 6. The monoisotopic (exact) mass is 219 g/mol. The number of hydrogen-bond acceptors (Lipinski definition) is 5. The lowest BCUT2D eigenvalue weighted by Crippen LogP contribution is -2.21. The van der Waals surface area contributed by atoms with Gasteiger partial charge in [0.1, 0.15) is 0 Å². The molecule has 0 aromatic carbocycles. The fourth-order valence-corrected chi connectivity index (χ4v) is 1.23. The van der Waals surface area contributed by atoms with Gasteiger partial charge in [-0.3, -0.25) is 0 Å². The Labute approximate surface area is 93.0 Å². The highest BCUT2D eigenvalue weighted by atomic mass is 16.3. The number of nitrogens with zero attached hydrogens (tertiary/aromatic N) is 4. The van der Waals surface area contributed by atoms with E-state index < -0.39 is 0 Å². The third-order valence-corrected chi connectivity index (χ3v) is 1.97. The van der Waals surface area contributed by atoms with Gasteiger partial charge in [-0.1, -0.05) is 6.08 Å².